The highest BCUT2D eigenvalue weighted by molar-refractivity contribution is 6.30. The minimum atomic E-state index is -0.593. The Morgan fingerprint density at radius 2 is 1.66 bits per heavy atom. The molecule has 176 valence electrons. The second-order valence-electron chi connectivity index (χ2n) is 7.64. The summed E-state index contributed by atoms with van der Waals surface area (Å²) in [4.78, 5) is 24.3. The number of ether oxygens (including phenoxy) is 1. The molecule has 0 heterocycles. The Bertz CT molecular complexity index is 1370. The van der Waals surface area contributed by atoms with E-state index in [1.807, 2.05) is 48.5 Å². The van der Waals surface area contributed by atoms with Gasteiger partial charge in [-0.3, -0.25) is 9.59 Å². The Morgan fingerprint density at radius 3 is 2.43 bits per heavy atom. The zero-order chi connectivity index (χ0) is 24.6. The molecule has 0 aliphatic rings. The molecular formula is C27H21ClFN3O3. The highest BCUT2D eigenvalue weighted by Gasteiger charge is 2.11. The van der Waals surface area contributed by atoms with Crippen LogP contribution in [-0.4, -0.2) is 18.0 Å². The molecular weight excluding hydrogens is 469 g/mol. The summed E-state index contributed by atoms with van der Waals surface area (Å²) in [5.74, 6) is -0.961. The summed E-state index contributed by atoms with van der Waals surface area (Å²) in [5.41, 5.74) is 4.40. The normalized spacial score (nSPS) is 10.9. The average Bonchev–Trinajstić information content (AvgIpc) is 2.85. The van der Waals surface area contributed by atoms with Crippen LogP contribution in [0, 0.1) is 5.82 Å². The summed E-state index contributed by atoms with van der Waals surface area (Å²) in [7, 11) is 0. The van der Waals surface area contributed by atoms with Crippen LogP contribution in [0.4, 0.5) is 10.1 Å². The minimum Gasteiger partial charge on any atom is -0.488 e. The number of anilines is 1. The summed E-state index contributed by atoms with van der Waals surface area (Å²) >= 11 is 5.95. The maximum absolute atomic E-state index is 13.0. The third-order valence-corrected chi connectivity index (χ3v) is 5.32. The number of carbonyl (C=O) groups is 2. The van der Waals surface area contributed by atoms with Gasteiger partial charge in [0.15, 0.2) is 0 Å². The van der Waals surface area contributed by atoms with Gasteiger partial charge in [-0.15, -0.1) is 0 Å². The van der Waals surface area contributed by atoms with Gasteiger partial charge in [-0.2, -0.15) is 5.10 Å². The van der Waals surface area contributed by atoms with E-state index in [0.29, 0.717) is 28.6 Å². The van der Waals surface area contributed by atoms with E-state index in [1.165, 1.54) is 30.5 Å². The molecule has 4 aromatic carbocycles. The number of amides is 2. The lowest BCUT2D eigenvalue weighted by Crippen LogP contribution is -2.24. The Labute approximate surface area is 206 Å². The van der Waals surface area contributed by atoms with E-state index in [4.69, 9.17) is 16.3 Å². The number of fused-ring (bicyclic) bond motifs is 1. The van der Waals surface area contributed by atoms with Crippen LogP contribution < -0.4 is 15.5 Å². The smallest absolute Gasteiger partial charge is 0.249 e. The van der Waals surface area contributed by atoms with Gasteiger partial charge in [0, 0.05) is 16.3 Å². The first-order valence-electron chi connectivity index (χ1n) is 10.7. The zero-order valence-corrected chi connectivity index (χ0v) is 19.3. The van der Waals surface area contributed by atoms with Gasteiger partial charge in [0.25, 0.3) is 0 Å². The molecule has 0 aliphatic heterocycles. The van der Waals surface area contributed by atoms with Crippen molar-refractivity contribution >= 4 is 46.1 Å². The summed E-state index contributed by atoms with van der Waals surface area (Å²) < 4.78 is 19.0. The van der Waals surface area contributed by atoms with E-state index in [0.717, 1.165) is 16.3 Å². The summed E-state index contributed by atoms with van der Waals surface area (Å²) in [6.45, 7) is 0.326. The van der Waals surface area contributed by atoms with E-state index in [2.05, 4.69) is 15.8 Å². The van der Waals surface area contributed by atoms with Crippen LogP contribution in [0.15, 0.2) is 90.0 Å². The van der Waals surface area contributed by atoms with E-state index in [9.17, 15) is 14.0 Å². The molecule has 2 N–H and O–H groups in total. The lowest BCUT2D eigenvalue weighted by atomic mass is 10.0. The van der Waals surface area contributed by atoms with Crippen molar-refractivity contribution in [3.8, 4) is 5.75 Å². The van der Waals surface area contributed by atoms with Gasteiger partial charge in [0.2, 0.25) is 11.8 Å². The van der Waals surface area contributed by atoms with Gasteiger partial charge >= 0.3 is 0 Å². The van der Waals surface area contributed by atoms with Gasteiger partial charge in [-0.05, 0) is 58.8 Å². The molecule has 35 heavy (non-hydrogen) atoms. The second kappa shape index (κ2) is 11.3. The van der Waals surface area contributed by atoms with E-state index < -0.39 is 24.1 Å². The third kappa shape index (κ3) is 6.65. The fourth-order valence-corrected chi connectivity index (χ4v) is 3.49. The molecule has 0 unspecified atom stereocenters. The Morgan fingerprint density at radius 1 is 0.914 bits per heavy atom. The third-order valence-electron chi connectivity index (χ3n) is 5.07. The zero-order valence-electron chi connectivity index (χ0n) is 18.5. The first kappa shape index (κ1) is 23.9. The Balaban J connectivity index is 1.43. The second-order valence-corrected chi connectivity index (χ2v) is 8.08. The standard InChI is InChI=1S/C27H21ClFN3O3/c28-20-8-5-18(6-9-20)17-35-25-14-7-19-3-1-2-4-23(19)24(25)16-30-32-27(34)15-26(33)31-22-12-10-21(29)11-13-22/h1-14,16H,15,17H2,(H,31,33)(H,32,34). The molecule has 0 spiro atoms. The van der Waals surface area contributed by atoms with Crippen molar-refractivity contribution in [2.24, 2.45) is 5.10 Å². The average molecular weight is 490 g/mol. The molecule has 0 radical (unpaired) electrons. The van der Waals surface area contributed by atoms with Gasteiger partial charge in [0.05, 0.1) is 6.21 Å². The molecule has 0 saturated heterocycles. The van der Waals surface area contributed by atoms with Crippen molar-refractivity contribution in [3.05, 3.63) is 107 Å². The predicted molar refractivity (Wildman–Crippen MR) is 135 cm³/mol. The van der Waals surface area contributed by atoms with E-state index >= 15 is 0 Å². The van der Waals surface area contributed by atoms with Crippen LogP contribution in [0.2, 0.25) is 5.02 Å². The van der Waals surface area contributed by atoms with Crippen LogP contribution in [0.25, 0.3) is 10.8 Å². The molecule has 0 atom stereocenters. The van der Waals surface area contributed by atoms with Crippen molar-refractivity contribution < 1.29 is 18.7 Å². The summed E-state index contributed by atoms with van der Waals surface area (Å²) in [6, 6.07) is 24.1. The van der Waals surface area contributed by atoms with Crippen molar-refractivity contribution in [2.75, 3.05) is 5.32 Å². The molecule has 4 rings (SSSR count). The van der Waals surface area contributed by atoms with Crippen molar-refractivity contribution in [2.45, 2.75) is 13.0 Å². The SMILES string of the molecule is O=C(CC(=O)Nc1ccc(F)cc1)NN=Cc1c(OCc2ccc(Cl)cc2)ccc2ccccc12. The number of nitrogens with one attached hydrogen (secondary N) is 2. The Kier molecular flexibility index (Phi) is 7.70. The topological polar surface area (TPSA) is 79.8 Å². The summed E-state index contributed by atoms with van der Waals surface area (Å²) in [6.07, 6.45) is 1.06. The van der Waals surface area contributed by atoms with Gasteiger partial charge < -0.3 is 10.1 Å². The fourth-order valence-electron chi connectivity index (χ4n) is 3.37. The van der Waals surface area contributed by atoms with E-state index in [1.54, 1.807) is 12.1 Å². The number of rotatable bonds is 8. The van der Waals surface area contributed by atoms with Gasteiger partial charge in [-0.25, -0.2) is 9.82 Å². The lowest BCUT2D eigenvalue weighted by molar-refractivity contribution is -0.126. The molecule has 0 aromatic heterocycles. The van der Waals surface area contributed by atoms with Crippen LogP contribution in [0.3, 0.4) is 0 Å². The quantitative estimate of drug-likeness (QED) is 0.189. The molecule has 0 aliphatic carbocycles. The largest absolute Gasteiger partial charge is 0.488 e. The monoisotopic (exact) mass is 489 g/mol. The maximum Gasteiger partial charge on any atom is 0.249 e. The highest BCUT2D eigenvalue weighted by atomic mass is 35.5. The molecule has 8 heteroatoms. The predicted octanol–water partition coefficient (Wildman–Crippen LogP) is 5.69. The first-order chi connectivity index (χ1) is 17.0. The number of hydrogen-bond donors (Lipinski definition) is 2. The molecule has 0 fully saturated rings. The molecule has 2 amide bonds. The Hall–Kier alpha value is -4.23. The van der Waals surface area contributed by atoms with Crippen molar-refractivity contribution in [3.63, 3.8) is 0 Å². The van der Waals surface area contributed by atoms with Crippen molar-refractivity contribution in [1.82, 2.24) is 5.43 Å². The van der Waals surface area contributed by atoms with Gasteiger partial charge in [-0.1, -0.05) is 54.1 Å². The van der Waals surface area contributed by atoms with Crippen LogP contribution in [-0.2, 0) is 16.2 Å². The minimum absolute atomic E-state index is 0.326. The van der Waals surface area contributed by atoms with E-state index in [-0.39, 0.29) is 0 Å². The number of hydrogen-bond acceptors (Lipinski definition) is 4. The number of nitrogens with zero attached hydrogens (tertiary/aromatic N) is 1. The van der Waals surface area contributed by atoms with Crippen LogP contribution in [0.1, 0.15) is 17.5 Å². The molecule has 4 aromatic rings. The van der Waals surface area contributed by atoms with Crippen LogP contribution in [0.5, 0.6) is 5.75 Å². The van der Waals surface area contributed by atoms with Gasteiger partial charge in [0.1, 0.15) is 24.6 Å². The van der Waals surface area contributed by atoms with Crippen LogP contribution >= 0.6 is 11.6 Å². The van der Waals surface area contributed by atoms with Crippen molar-refractivity contribution in [1.29, 1.82) is 0 Å². The fraction of sp³-hybridized carbons (Fsp3) is 0.0741. The first-order valence-corrected chi connectivity index (χ1v) is 11.1. The number of benzene rings is 4. The molecule has 6 nitrogen and oxygen atoms in total. The number of hydrazone groups is 1. The number of carbonyl (C=O) groups excluding carboxylic acids is 2. The lowest BCUT2D eigenvalue weighted by Gasteiger charge is -2.12. The summed E-state index contributed by atoms with van der Waals surface area (Å²) in [5, 5.41) is 9.10. The molecule has 0 bridgehead atoms. The molecule has 0 saturated carbocycles. The number of halogens is 2. The maximum atomic E-state index is 13.0. The highest BCUT2D eigenvalue weighted by Crippen LogP contribution is 2.27.